The molecule has 1 fully saturated rings. The van der Waals surface area contributed by atoms with Gasteiger partial charge in [0.15, 0.2) is 0 Å². The second kappa shape index (κ2) is 11.0. The first-order valence-electron chi connectivity index (χ1n) is 10.1. The number of hydrogen-bond donors (Lipinski definition) is 1. The zero-order chi connectivity index (χ0) is 20.5. The van der Waals surface area contributed by atoms with E-state index < -0.39 is 0 Å². The summed E-state index contributed by atoms with van der Waals surface area (Å²) in [5, 5.41) is 2.92. The van der Waals surface area contributed by atoms with Gasteiger partial charge in [0.25, 0.3) is 5.91 Å². The number of nitrogens with one attached hydrogen (secondary N) is 1. The van der Waals surface area contributed by atoms with Gasteiger partial charge in [-0.2, -0.15) is 0 Å². The molecule has 2 amide bonds. The van der Waals surface area contributed by atoms with E-state index in [2.05, 4.69) is 17.4 Å². The van der Waals surface area contributed by atoms with Crippen molar-refractivity contribution in [3.05, 3.63) is 71.3 Å². The van der Waals surface area contributed by atoms with Crippen LogP contribution in [0.4, 0.5) is 0 Å². The second-order valence-corrected chi connectivity index (χ2v) is 7.98. The average Bonchev–Trinajstić information content (AvgIpc) is 3.13. The van der Waals surface area contributed by atoms with Crippen molar-refractivity contribution in [1.82, 2.24) is 10.2 Å². The van der Waals surface area contributed by atoms with Gasteiger partial charge < -0.3 is 15.0 Å². The van der Waals surface area contributed by atoms with Crippen LogP contribution >= 0.6 is 11.8 Å². The van der Waals surface area contributed by atoms with Crippen LogP contribution in [0.25, 0.3) is 0 Å². The van der Waals surface area contributed by atoms with Crippen LogP contribution in [-0.4, -0.2) is 48.8 Å². The summed E-state index contributed by atoms with van der Waals surface area (Å²) in [6.07, 6.45) is 1.64. The Kier molecular flexibility index (Phi) is 8.14. The fraction of sp³-hybridized carbons (Fsp3) is 0.391. The molecule has 2 aromatic carbocycles. The quantitative estimate of drug-likeness (QED) is 0.605. The SMILES string of the molecule is CCOCCCNC(=O)c1ccc([C@H]2SCC(=O)N2CCc2ccccc2)cc1. The molecule has 0 bridgehead atoms. The minimum Gasteiger partial charge on any atom is -0.382 e. The van der Waals surface area contributed by atoms with Crippen LogP contribution < -0.4 is 5.32 Å². The summed E-state index contributed by atoms with van der Waals surface area (Å²) >= 11 is 1.64. The van der Waals surface area contributed by atoms with Crippen LogP contribution in [0.1, 0.15) is 40.2 Å². The van der Waals surface area contributed by atoms with E-state index in [9.17, 15) is 9.59 Å². The molecule has 5 nitrogen and oxygen atoms in total. The Hall–Kier alpha value is -2.31. The lowest BCUT2D eigenvalue weighted by Gasteiger charge is -2.24. The third-order valence-corrected chi connectivity index (χ3v) is 6.12. The topological polar surface area (TPSA) is 58.6 Å². The summed E-state index contributed by atoms with van der Waals surface area (Å²) in [6, 6.07) is 17.8. The molecule has 0 saturated carbocycles. The minimum atomic E-state index is -0.0795. The van der Waals surface area contributed by atoms with Crippen molar-refractivity contribution < 1.29 is 14.3 Å². The van der Waals surface area contributed by atoms with E-state index in [1.54, 1.807) is 11.8 Å². The Morgan fingerprint density at radius 2 is 1.93 bits per heavy atom. The van der Waals surface area contributed by atoms with Gasteiger partial charge in [0.05, 0.1) is 5.75 Å². The molecule has 3 rings (SSSR count). The van der Waals surface area contributed by atoms with E-state index in [0.29, 0.717) is 37.6 Å². The highest BCUT2D eigenvalue weighted by atomic mass is 32.2. The molecular formula is C23H28N2O3S. The van der Waals surface area contributed by atoms with Gasteiger partial charge in [0, 0.05) is 31.9 Å². The molecule has 2 aromatic rings. The van der Waals surface area contributed by atoms with E-state index in [1.165, 1.54) is 5.56 Å². The van der Waals surface area contributed by atoms with Crippen LogP contribution in [0.15, 0.2) is 54.6 Å². The number of hydrogen-bond acceptors (Lipinski definition) is 4. The molecule has 1 aliphatic rings. The molecule has 0 aromatic heterocycles. The van der Waals surface area contributed by atoms with Crippen molar-refractivity contribution in [3.8, 4) is 0 Å². The Morgan fingerprint density at radius 1 is 1.17 bits per heavy atom. The highest BCUT2D eigenvalue weighted by molar-refractivity contribution is 8.00. The molecule has 0 aliphatic carbocycles. The van der Waals surface area contributed by atoms with Gasteiger partial charge in [0.2, 0.25) is 5.91 Å². The van der Waals surface area contributed by atoms with E-state index in [0.717, 1.165) is 18.4 Å². The fourth-order valence-electron chi connectivity index (χ4n) is 3.29. The van der Waals surface area contributed by atoms with Crippen molar-refractivity contribution in [2.45, 2.75) is 25.1 Å². The molecule has 1 N–H and O–H groups in total. The Labute approximate surface area is 176 Å². The molecular weight excluding hydrogens is 384 g/mol. The lowest BCUT2D eigenvalue weighted by atomic mass is 10.1. The molecule has 1 atom stereocenters. The number of benzene rings is 2. The average molecular weight is 413 g/mol. The van der Waals surface area contributed by atoms with Gasteiger partial charge >= 0.3 is 0 Å². The number of carbonyl (C=O) groups is 2. The summed E-state index contributed by atoms with van der Waals surface area (Å²) < 4.78 is 5.27. The molecule has 1 aliphatic heterocycles. The molecule has 1 heterocycles. The van der Waals surface area contributed by atoms with Crippen molar-refractivity contribution in [2.75, 3.05) is 32.1 Å². The molecule has 1 saturated heterocycles. The lowest BCUT2D eigenvalue weighted by Crippen LogP contribution is -2.30. The maximum atomic E-state index is 12.4. The predicted octanol–water partition coefficient (Wildman–Crippen LogP) is 3.66. The van der Waals surface area contributed by atoms with Gasteiger partial charge in [-0.05, 0) is 43.0 Å². The van der Waals surface area contributed by atoms with Crippen molar-refractivity contribution in [2.24, 2.45) is 0 Å². The van der Waals surface area contributed by atoms with Crippen LogP contribution in [0.2, 0.25) is 0 Å². The summed E-state index contributed by atoms with van der Waals surface area (Å²) in [5.74, 6) is 0.595. The van der Waals surface area contributed by atoms with Gasteiger partial charge in [0.1, 0.15) is 5.37 Å². The highest BCUT2D eigenvalue weighted by Gasteiger charge is 2.32. The summed E-state index contributed by atoms with van der Waals surface area (Å²) in [4.78, 5) is 26.6. The van der Waals surface area contributed by atoms with E-state index in [1.807, 2.05) is 54.3 Å². The Bertz CT molecular complexity index is 796. The first-order chi connectivity index (χ1) is 14.2. The highest BCUT2D eigenvalue weighted by Crippen LogP contribution is 2.38. The molecule has 0 radical (unpaired) electrons. The normalized spacial score (nSPS) is 16.2. The zero-order valence-electron chi connectivity index (χ0n) is 16.8. The fourth-order valence-corrected chi connectivity index (χ4v) is 4.51. The maximum Gasteiger partial charge on any atom is 0.251 e. The monoisotopic (exact) mass is 412 g/mol. The molecule has 0 spiro atoms. The van der Waals surface area contributed by atoms with Gasteiger partial charge in [-0.25, -0.2) is 0 Å². The van der Waals surface area contributed by atoms with Crippen LogP contribution in [0.5, 0.6) is 0 Å². The van der Waals surface area contributed by atoms with Crippen molar-refractivity contribution in [1.29, 1.82) is 0 Å². The van der Waals surface area contributed by atoms with Gasteiger partial charge in [-0.3, -0.25) is 9.59 Å². The van der Waals surface area contributed by atoms with Gasteiger partial charge in [-0.1, -0.05) is 42.5 Å². The van der Waals surface area contributed by atoms with Gasteiger partial charge in [-0.15, -0.1) is 11.8 Å². The Morgan fingerprint density at radius 3 is 2.66 bits per heavy atom. The first-order valence-corrected chi connectivity index (χ1v) is 11.1. The number of thioether (sulfide) groups is 1. The number of nitrogens with zero attached hydrogens (tertiary/aromatic N) is 1. The van der Waals surface area contributed by atoms with Crippen molar-refractivity contribution in [3.63, 3.8) is 0 Å². The third kappa shape index (κ3) is 6.08. The van der Waals surface area contributed by atoms with Crippen molar-refractivity contribution >= 4 is 23.6 Å². The number of ether oxygens (including phenoxy) is 1. The standard InChI is InChI=1S/C23H28N2O3S/c1-2-28-16-6-14-24-22(27)19-9-11-20(12-10-19)23-25(21(26)17-29-23)15-13-18-7-4-3-5-8-18/h3-5,7-12,23H,2,6,13-17H2,1H3,(H,24,27)/t23-/m1/s1. The number of rotatable bonds is 10. The summed E-state index contributed by atoms with van der Waals surface area (Å²) in [5.41, 5.74) is 2.92. The number of amides is 2. The summed E-state index contributed by atoms with van der Waals surface area (Å²) in [6.45, 7) is 4.60. The van der Waals surface area contributed by atoms with Crippen LogP contribution in [0, 0.1) is 0 Å². The second-order valence-electron chi connectivity index (χ2n) is 6.91. The number of carbonyl (C=O) groups excluding carboxylic acids is 2. The molecule has 29 heavy (non-hydrogen) atoms. The Balaban J connectivity index is 1.56. The smallest absolute Gasteiger partial charge is 0.251 e. The predicted molar refractivity (Wildman–Crippen MR) is 117 cm³/mol. The molecule has 0 unspecified atom stereocenters. The van der Waals surface area contributed by atoms with E-state index in [4.69, 9.17) is 4.74 Å². The molecule has 6 heteroatoms. The first kappa shape index (κ1) is 21.4. The largest absolute Gasteiger partial charge is 0.382 e. The minimum absolute atomic E-state index is 0.00881. The maximum absolute atomic E-state index is 12.4. The molecule has 154 valence electrons. The third-order valence-electron chi connectivity index (χ3n) is 4.87. The van der Waals surface area contributed by atoms with Crippen LogP contribution in [0.3, 0.4) is 0 Å². The zero-order valence-corrected chi connectivity index (χ0v) is 17.6. The van der Waals surface area contributed by atoms with Crippen LogP contribution in [-0.2, 0) is 16.0 Å². The summed E-state index contributed by atoms with van der Waals surface area (Å²) in [7, 11) is 0. The van der Waals surface area contributed by atoms with E-state index in [-0.39, 0.29) is 17.2 Å². The lowest BCUT2D eigenvalue weighted by molar-refractivity contribution is -0.128. The van der Waals surface area contributed by atoms with E-state index >= 15 is 0 Å².